The highest BCUT2D eigenvalue weighted by molar-refractivity contribution is 7.91. The van der Waals surface area contributed by atoms with Gasteiger partial charge in [0.05, 0.1) is 16.2 Å². The first-order valence-electron chi connectivity index (χ1n) is 10.2. The van der Waals surface area contributed by atoms with Gasteiger partial charge < -0.3 is 5.11 Å². The summed E-state index contributed by atoms with van der Waals surface area (Å²) in [7, 11) is -3.33. The van der Waals surface area contributed by atoms with Gasteiger partial charge in [0, 0.05) is 5.69 Å². The van der Waals surface area contributed by atoms with Crippen LogP contribution in [0.3, 0.4) is 0 Å². The Labute approximate surface area is 173 Å². The minimum Gasteiger partial charge on any atom is -0.465 e. The highest BCUT2D eigenvalue weighted by Crippen LogP contribution is 2.45. The molecule has 0 bridgehead atoms. The Balaban J connectivity index is 2.11. The van der Waals surface area contributed by atoms with E-state index < -0.39 is 21.5 Å². The van der Waals surface area contributed by atoms with E-state index in [9.17, 15) is 18.3 Å². The van der Waals surface area contributed by atoms with Gasteiger partial charge >= 0.3 is 6.09 Å². The molecule has 1 unspecified atom stereocenters. The average Bonchev–Trinajstić information content (AvgIpc) is 2.75. The highest BCUT2D eigenvalue weighted by atomic mass is 32.2. The lowest BCUT2D eigenvalue weighted by Gasteiger charge is -2.47. The zero-order valence-corrected chi connectivity index (χ0v) is 17.9. The van der Waals surface area contributed by atoms with E-state index >= 15 is 0 Å². The van der Waals surface area contributed by atoms with Crippen molar-refractivity contribution >= 4 is 21.6 Å². The van der Waals surface area contributed by atoms with E-state index in [1.165, 1.54) is 23.5 Å². The lowest BCUT2D eigenvalue weighted by Crippen LogP contribution is -2.52. The smallest absolute Gasteiger partial charge is 0.412 e. The molecule has 156 valence electrons. The van der Waals surface area contributed by atoms with E-state index in [-0.39, 0.29) is 16.6 Å². The van der Waals surface area contributed by atoms with E-state index in [1.54, 1.807) is 19.1 Å². The predicted molar refractivity (Wildman–Crippen MR) is 115 cm³/mol. The number of carboxylic acid groups (broad SMARTS) is 1. The minimum atomic E-state index is -3.33. The van der Waals surface area contributed by atoms with Gasteiger partial charge in [-0.2, -0.15) is 0 Å². The van der Waals surface area contributed by atoms with Crippen LogP contribution in [0.1, 0.15) is 51.5 Å². The zero-order chi connectivity index (χ0) is 21.1. The Morgan fingerprint density at radius 2 is 1.62 bits per heavy atom. The quantitative estimate of drug-likeness (QED) is 0.680. The number of hydrogen-bond acceptors (Lipinski definition) is 3. The van der Waals surface area contributed by atoms with Crippen molar-refractivity contribution in [2.75, 3.05) is 10.7 Å². The van der Waals surface area contributed by atoms with Crippen molar-refractivity contribution in [2.45, 2.75) is 56.4 Å². The van der Waals surface area contributed by atoms with Crippen LogP contribution in [0.5, 0.6) is 0 Å². The van der Waals surface area contributed by atoms with Gasteiger partial charge in [-0.3, -0.25) is 4.90 Å². The molecular weight excluding hydrogens is 386 g/mol. The molecule has 6 heteroatoms. The van der Waals surface area contributed by atoms with Crippen molar-refractivity contribution in [1.29, 1.82) is 0 Å². The first kappa shape index (κ1) is 21.4. The van der Waals surface area contributed by atoms with Crippen molar-refractivity contribution < 1.29 is 18.3 Å². The summed E-state index contributed by atoms with van der Waals surface area (Å²) in [5.41, 5.74) is 0.711. The molecule has 1 aliphatic rings. The molecule has 1 saturated carbocycles. The van der Waals surface area contributed by atoms with Gasteiger partial charge in [0.15, 0.2) is 9.84 Å². The maximum Gasteiger partial charge on any atom is 0.412 e. The zero-order valence-electron chi connectivity index (χ0n) is 17.0. The Hall–Kier alpha value is -2.34. The molecule has 1 atom stereocenters. The number of benzene rings is 2. The standard InChI is InChI=1S/C23H29NO4S/c1-3-29(27,28)21-16-14-20(15-17-21)24(22(25)26)23(2,18-10-6-4-7-11-18)19-12-8-5-9-13-19/h4,6-7,10-11,14-17,19H,3,5,8-9,12-13H2,1-2H3,(H,25,26). The molecule has 0 aromatic heterocycles. The fourth-order valence-electron chi connectivity index (χ4n) is 4.53. The molecule has 2 aromatic rings. The first-order chi connectivity index (χ1) is 13.8. The minimum absolute atomic E-state index is 0.0127. The van der Waals surface area contributed by atoms with E-state index in [1.807, 2.05) is 37.3 Å². The second-order valence-corrected chi connectivity index (χ2v) is 10.1. The summed E-state index contributed by atoms with van der Waals surface area (Å²) in [6, 6.07) is 16.0. The highest BCUT2D eigenvalue weighted by Gasteiger charge is 2.45. The van der Waals surface area contributed by atoms with Gasteiger partial charge in [-0.15, -0.1) is 0 Å². The van der Waals surface area contributed by atoms with Crippen LogP contribution < -0.4 is 4.90 Å². The molecule has 1 N–H and O–H groups in total. The maximum atomic E-state index is 12.5. The van der Waals surface area contributed by atoms with Crippen molar-refractivity contribution in [2.24, 2.45) is 5.92 Å². The van der Waals surface area contributed by atoms with Crippen molar-refractivity contribution in [3.8, 4) is 0 Å². The summed E-state index contributed by atoms with van der Waals surface area (Å²) >= 11 is 0. The lowest BCUT2D eigenvalue weighted by molar-refractivity contribution is 0.167. The SMILES string of the molecule is CCS(=O)(=O)c1ccc(N(C(=O)O)C(C)(c2ccccc2)C2CCCCC2)cc1. The Bertz CT molecular complexity index is 935. The first-order valence-corrected chi connectivity index (χ1v) is 11.9. The van der Waals surface area contributed by atoms with E-state index in [2.05, 4.69) is 0 Å². The Morgan fingerprint density at radius 1 is 1.03 bits per heavy atom. The third-order valence-electron chi connectivity index (χ3n) is 6.25. The number of anilines is 1. The summed E-state index contributed by atoms with van der Waals surface area (Å²) in [5, 5.41) is 10.2. The molecule has 1 fully saturated rings. The number of hydrogen-bond donors (Lipinski definition) is 1. The number of carbonyl (C=O) groups is 1. The van der Waals surface area contributed by atoms with Gasteiger partial charge in [0.25, 0.3) is 0 Å². The van der Waals surface area contributed by atoms with Crippen LogP contribution in [0.2, 0.25) is 0 Å². The topological polar surface area (TPSA) is 74.7 Å². The van der Waals surface area contributed by atoms with Gasteiger partial charge in [-0.25, -0.2) is 13.2 Å². The molecule has 1 aliphatic carbocycles. The summed E-state index contributed by atoms with van der Waals surface area (Å²) in [4.78, 5) is 14.2. The Morgan fingerprint density at radius 3 is 2.14 bits per heavy atom. The van der Waals surface area contributed by atoms with Gasteiger partial charge in [0.2, 0.25) is 0 Å². The van der Waals surface area contributed by atoms with Crippen molar-refractivity contribution in [3.05, 3.63) is 60.2 Å². The molecule has 5 nitrogen and oxygen atoms in total. The summed E-state index contributed by atoms with van der Waals surface area (Å²) in [6.45, 7) is 3.60. The molecular formula is C23H29NO4S. The fourth-order valence-corrected chi connectivity index (χ4v) is 5.42. The Kier molecular flexibility index (Phi) is 6.32. The summed E-state index contributed by atoms with van der Waals surface area (Å²) < 4.78 is 24.3. The summed E-state index contributed by atoms with van der Waals surface area (Å²) in [6.07, 6.45) is 4.27. The second kappa shape index (κ2) is 8.57. The third kappa shape index (κ3) is 4.17. The van der Waals surface area contributed by atoms with Crippen LogP contribution in [0.25, 0.3) is 0 Å². The molecule has 3 rings (SSSR count). The fraction of sp³-hybridized carbons (Fsp3) is 0.435. The number of rotatable bonds is 6. The van der Waals surface area contributed by atoms with E-state index in [0.29, 0.717) is 5.69 Å². The molecule has 0 saturated heterocycles. The lowest BCUT2D eigenvalue weighted by atomic mass is 9.71. The molecule has 2 aromatic carbocycles. The largest absolute Gasteiger partial charge is 0.465 e. The third-order valence-corrected chi connectivity index (χ3v) is 8.00. The second-order valence-electron chi connectivity index (χ2n) is 7.86. The normalized spacial score (nSPS) is 17.4. The maximum absolute atomic E-state index is 12.5. The number of amides is 1. The molecule has 1 amide bonds. The molecule has 29 heavy (non-hydrogen) atoms. The molecule has 0 heterocycles. The van der Waals surface area contributed by atoms with Crippen LogP contribution in [-0.2, 0) is 15.4 Å². The number of nitrogens with zero attached hydrogens (tertiary/aromatic N) is 1. The molecule has 0 aliphatic heterocycles. The van der Waals surface area contributed by atoms with Crippen molar-refractivity contribution in [3.63, 3.8) is 0 Å². The molecule has 0 radical (unpaired) electrons. The van der Waals surface area contributed by atoms with Crippen LogP contribution >= 0.6 is 0 Å². The van der Waals surface area contributed by atoms with E-state index in [0.717, 1.165) is 31.2 Å². The van der Waals surface area contributed by atoms with Crippen LogP contribution in [0.4, 0.5) is 10.5 Å². The van der Waals surface area contributed by atoms with Crippen LogP contribution in [0, 0.1) is 5.92 Å². The molecule has 0 spiro atoms. The average molecular weight is 416 g/mol. The monoisotopic (exact) mass is 415 g/mol. The van der Waals surface area contributed by atoms with Crippen LogP contribution in [-0.4, -0.2) is 25.4 Å². The van der Waals surface area contributed by atoms with Gasteiger partial charge in [0.1, 0.15) is 0 Å². The van der Waals surface area contributed by atoms with E-state index in [4.69, 9.17) is 0 Å². The van der Waals surface area contributed by atoms with Crippen molar-refractivity contribution in [1.82, 2.24) is 0 Å². The van der Waals surface area contributed by atoms with Gasteiger partial charge in [-0.1, -0.05) is 56.5 Å². The summed E-state index contributed by atoms with van der Waals surface area (Å²) in [5.74, 6) is 0.201. The predicted octanol–water partition coefficient (Wildman–Crippen LogP) is 5.46. The van der Waals surface area contributed by atoms with Crippen LogP contribution in [0.15, 0.2) is 59.5 Å². The number of sulfone groups is 1. The van der Waals surface area contributed by atoms with Gasteiger partial charge in [-0.05, 0) is 55.5 Å².